The maximum atomic E-state index is 13.2. The smallest absolute Gasteiger partial charge is 0.168 e. The SMILES string of the molecule is O=C(Cc1cc(F)ccc1Br)c1cc(Br)ccc1Cl. The Hall–Kier alpha value is -0.710. The summed E-state index contributed by atoms with van der Waals surface area (Å²) in [5.74, 6) is -0.524. The van der Waals surface area contributed by atoms with Crippen LogP contribution in [0.25, 0.3) is 0 Å². The van der Waals surface area contributed by atoms with E-state index in [0.717, 1.165) is 4.47 Å². The molecule has 0 aliphatic rings. The molecule has 0 heterocycles. The van der Waals surface area contributed by atoms with Crippen molar-refractivity contribution in [3.8, 4) is 0 Å². The molecule has 0 amide bonds. The first-order chi connectivity index (χ1) is 8.97. The molecule has 0 unspecified atom stereocenters. The second kappa shape index (κ2) is 6.16. The molecule has 0 saturated heterocycles. The van der Waals surface area contributed by atoms with E-state index in [2.05, 4.69) is 31.9 Å². The number of Topliss-reactive ketones (excluding diaryl/α,β-unsaturated/α-hetero) is 1. The molecule has 0 radical (unpaired) electrons. The number of hydrogen-bond acceptors (Lipinski definition) is 1. The maximum Gasteiger partial charge on any atom is 0.168 e. The molecule has 2 aromatic rings. The molecule has 0 aliphatic heterocycles. The van der Waals surface area contributed by atoms with Crippen LogP contribution in [0.1, 0.15) is 15.9 Å². The predicted molar refractivity (Wildman–Crippen MR) is 81.3 cm³/mol. The Labute approximate surface area is 132 Å². The highest BCUT2D eigenvalue weighted by atomic mass is 79.9. The van der Waals surface area contributed by atoms with E-state index in [1.54, 1.807) is 24.3 Å². The Kier molecular flexibility index (Phi) is 4.76. The minimum atomic E-state index is -0.369. The molecule has 0 aromatic heterocycles. The van der Waals surface area contributed by atoms with Crippen LogP contribution in [-0.4, -0.2) is 5.78 Å². The van der Waals surface area contributed by atoms with Crippen molar-refractivity contribution in [3.05, 3.63) is 67.3 Å². The van der Waals surface area contributed by atoms with Gasteiger partial charge in [-0.3, -0.25) is 4.79 Å². The zero-order valence-corrected chi connectivity index (χ0v) is 13.5. The number of benzene rings is 2. The van der Waals surface area contributed by atoms with Crippen LogP contribution in [0.15, 0.2) is 45.3 Å². The fourth-order valence-corrected chi connectivity index (χ4v) is 2.63. The van der Waals surface area contributed by atoms with Crippen LogP contribution in [0.5, 0.6) is 0 Å². The van der Waals surface area contributed by atoms with Gasteiger partial charge in [-0.15, -0.1) is 0 Å². The van der Waals surface area contributed by atoms with Crippen molar-refractivity contribution in [2.24, 2.45) is 0 Å². The van der Waals surface area contributed by atoms with Gasteiger partial charge in [-0.2, -0.15) is 0 Å². The van der Waals surface area contributed by atoms with Crippen LogP contribution in [-0.2, 0) is 6.42 Å². The van der Waals surface area contributed by atoms with E-state index >= 15 is 0 Å². The van der Waals surface area contributed by atoms with Crippen LogP contribution in [0, 0.1) is 5.82 Å². The predicted octanol–water partition coefficient (Wildman–Crippen LogP) is 5.43. The monoisotopic (exact) mass is 404 g/mol. The van der Waals surface area contributed by atoms with E-state index in [1.165, 1.54) is 12.1 Å². The summed E-state index contributed by atoms with van der Waals surface area (Å²) in [6.07, 6.45) is 0.0918. The van der Waals surface area contributed by atoms with Gasteiger partial charge in [0, 0.05) is 20.9 Å². The van der Waals surface area contributed by atoms with Gasteiger partial charge < -0.3 is 0 Å². The van der Waals surface area contributed by atoms with Crippen molar-refractivity contribution >= 4 is 49.2 Å². The van der Waals surface area contributed by atoms with Crippen molar-refractivity contribution < 1.29 is 9.18 Å². The fourth-order valence-electron chi connectivity index (χ4n) is 1.66. The molecule has 19 heavy (non-hydrogen) atoms. The molecule has 0 saturated carbocycles. The quantitative estimate of drug-likeness (QED) is 0.621. The first-order valence-electron chi connectivity index (χ1n) is 5.39. The summed E-state index contributed by atoms with van der Waals surface area (Å²) >= 11 is 12.6. The average molecular weight is 406 g/mol. The normalized spacial score (nSPS) is 10.5. The van der Waals surface area contributed by atoms with Gasteiger partial charge in [-0.05, 0) is 42.0 Å². The standard InChI is InChI=1S/C14H8Br2ClFO/c15-9-1-4-13(17)11(7-9)14(19)6-8-5-10(18)2-3-12(8)16/h1-5,7H,6H2. The molecule has 0 fully saturated rings. The van der Waals surface area contributed by atoms with Crippen molar-refractivity contribution in [1.29, 1.82) is 0 Å². The van der Waals surface area contributed by atoms with E-state index in [1.807, 2.05) is 0 Å². The third-order valence-corrected chi connectivity index (χ3v) is 4.18. The first kappa shape index (κ1) is 14.7. The minimum Gasteiger partial charge on any atom is -0.294 e. The van der Waals surface area contributed by atoms with Crippen LogP contribution in [0.3, 0.4) is 0 Å². The summed E-state index contributed by atoms with van der Waals surface area (Å²) in [6.45, 7) is 0. The summed E-state index contributed by atoms with van der Waals surface area (Å²) in [4.78, 5) is 12.2. The molecular formula is C14H8Br2ClFO. The topological polar surface area (TPSA) is 17.1 Å². The summed E-state index contributed by atoms with van der Waals surface area (Å²) < 4.78 is 14.7. The van der Waals surface area contributed by atoms with Gasteiger partial charge in [0.1, 0.15) is 5.82 Å². The van der Waals surface area contributed by atoms with Gasteiger partial charge in [0.15, 0.2) is 5.78 Å². The maximum absolute atomic E-state index is 13.2. The van der Waals surface area contributed by atoms with Crippen LogP contribution in [0.2, 0.25) is 5.02 Å². The lowest BCUT2D eigenvalue weighted by molar-refractivity contribution is 0.0993. The molecule has 98 valence electrons. The van der Waals surface area contributed by atoms with Gasteiger partial charge in [-0.1, -0.05) is 43.5 Å². The molecule has 1 nitrogen and oxygen atoms in total. The highest BCUT2D eigenvalue weighted by molar-refractivity contribution is 9.10. The lowest BCUT2D eigenvalue weighted by atomic mass is 10.0. The molecule has 0 N–H and O–H groups in total. The lowest BCUT2D eigenvalue weighted by Crippen LogP contribution is -2.05. The fraction of sp³-hybridized carbons (Fsp3) is 0.0714. The molecule has 0 aliphatic carbocycles. The van der Waals surface area contributed by atoms with Gasteiger partial charge in [0.05, 0.1) is 5.02 Å². The van der Waals surface area contributed by atoms with E-state index in [4.69, 9.17) is 11.6 Å². The van der Waals surface area contributed by atoms with Crippen molar-refractivity contribution in [2.45, 2.75) is 6.42 Å². The third kappa shape index (κ3) is 3.65. The van der Waals surface area contributed by atoms with E-state index in [0.29, 0.717) is 20.6 Å². The molecular weight excluding hydrogens is 398 g/mol. The Morgan fingerprint density at radius 2 is 1.89 bits per heavy atom. The zero-order valence-electron chi connectivity index (χ0n) is 9.59. The minimum absolute atomic E-state index is 0.0918. The van der Waals surface area contributed by atoms with Crippen molar-refractivity contribution in [2.75, 3.05) is 0 Å². The molecule has 0 bridgehead atoms. The molecule has 2 rings (SSSR count). The first-order valence-corrected chi connectivity index (χ1v) is 7.36. The van der Waals surface area contributed by atoms with Crippen LogP contribution < -0.4 is 0 Å². The Bertz CT molecular complexity index is 643. The average Bonchev–Trinajstić information content (AvgIpc) is 2.36. The number of carbonyl (C=O) groups excluding carboxylic acids is 1. The molecule has 5 heteroatoms. The van der Waals surface area contributed by atoms with Gasteiger partial charge in [0.25, 0.3) is 0 Å². The summed E-state index contributed by atoms with van der Waals surface area (Å²) in [5.41, 5.74) is 1.02. The Morgan fingerprint density at radius 1 is 1.16 bits per heavy atom. The molecule has 2 aromatic carbocycles. The summed E-state index contributed by atoms with van der Waals surface area (Å²) in [6, 6.07) is 9.34. The van der Waals surface area contributed by atoms with E-state index in [9.17, 15) is 9.18 Å². The number of halogens is 4. The second-order valence-electron chi connectivity index (χ2n) is 3.96. The van der Waals surface area contributed by atoms with Crippen molar-refractivity contribution in [3.63, 3.8) is 0 Å². The second-order valence-corrected chi connectivity index (χ2v) is 6.14. The Morgan fingerprint density at radius 3 is 2.63 bits per heavy atom. The number of ketones is 1. The highest BCUT2D eigenvalue weighted by Gasteiger charge is 2.13. The Balaban J connectivity index is 2.30. The van der Waals surface area contributed by atoms with Gasteiger partial charge >= 0.3 is 0 Å². The van der Waals surface area contributed by atoms with Crippen LogP contribution in [0.4, 0.5) is 4.39 Å². The van der Waals surface area contributed by atoms with Gasteiger partial charge in [-0.25, -0.2) is 4.39 Å². The summed E-state index contributed by atoms with van der Waals surface area (Å²) in [5, 5.41) is 0.390. The van der Waals surface area contributed by atoms with E-state index in [-0.39, 0.29) is 18.0 Å². The number of rotatable bonds is 3. The number of carbonyl (C=O) groups is 1. The highest BCUT2D eigenvalue weighted by Crippen LogP contribution is 2.25. The van der Waals surface area contributed by atoms with Crippen molar-refractivity contribution in [1.82, 2.24) is 0 Å². The lowest BCUT2D eigenvalue weighted by Gasteiger charge is -2.06. The molecule has 0 spiro atoms. The van der Waals surface area contributed by atoms with Crippen LogP contribution >= 0.6 is 43.5 Å². The largest absolute Gasteiger partial charge is 0.294 e. The summed E-state index contributed by atoms with van der Waals surface area (Å²) in [7, 11) is 0. The zero-order chi connectivity index (χ0) is 14.0. The van der Waals surface area contributed by atoms with Gasteiger partial charge in [0.2, 0.25) is 0 Å². The van der Waals surface area contributed by atoms with E-state index < -0.39 is 0 Å². The molecule has 0 atom stereocenters. The third-order valence-electron chi connectivity index (χ3n) is 2.59. The number of hydrogen-bond donors (Lipinski definition) is 0.